The minimum absolute atomic E-state index is 0.310. The Hall–Kier alpha value is -1.43. The summed E-state index contributed by atoms with van der Waals surface area (Å²) in [6.07, 6.45) is 1.71. The Labute approximate surface area is 80.2 Å². The molecule has 1 fully saturated rings. The van der Waals surface area contributed by atoms with Crippen LogP contribution in [0.2, 0.25) is 0 Å². The number of rotatable bonds is 3. The van der Waals surface area contributed by atoms with Gasteiger partial charge in [-0.05, 0) is 19.8 Å². The van der Waals surface area contributed by atoms with Crippen LogP contribution < -0.4 is 0 Å². The lowest BCUT2D eigenvalue weighted by Crippen LogP contribution is -2.29. The molecule has 0 bridgehead atoms. The van der Waals surface area contributed by atoms with Gasteiger partial charge in [0.15, 0.2) is 5.82 Å². The van der Waals surface area contributed by atoms with Crippen LogP contribution in [-0.2, 0) is 10.3 Å². The second kappa shape index (κ2) is 2.78. The van der Waals surface area contributed by atoms with Crippen molar-refractivity contribution in [2.45, 2.75) is 31.4 Å². The molecule has 0 amide bonds. The van der Waals surface area contributed by atoms with Gasteiger partial charge in [-0.1, -0.05) is 0 Å². The second-order valence-corrected chi connectivity index (χ2v) is 3.57. The molecule has 2 N–H and O–H groups in total. The summed E-state index contributed by atoms with van der Waals surface area (Å²) in [5.41, 5.74) is -0.907. The Bertz CT molecular complexity index is 368. The molecule has 2 rings (SSSR count). The zero-order chi connectivity index (χ0) is 10.3. The first kappa shape index (κ1) is 9.14. The standard InChI is InChI=1S/C8H11N3O3/c1-5(12)6-10-9-4-11(6)8(2-3-8)7(13)14/h4-5,12H,2-3H2,1H3,(H,13,14). The van der Waals surface area contributed by atoms with E-state index in [4.69, 9.17) is 5.11 Å². The molecule has 6 heteroatoms. The number of nitrogens with zero attached hydrogens (tertiary/aromatic N) is 3. The van der Waals surface area contributed by atoms with Crippen LogP contribution in [0.15, 0.2) is 6.33 Å². The summed E-state index contributed by atoms with van der Waals surface area (Å²) in [4.78, 5) is 11.0. The van der Waals surface area contributed by atoms with Crippen molar-refractivity contribution in [3.05, 3.63) is 12.2 Å². The van der Waals surface area contributed by atoms with Gasteiger partial charge in [0.25, 0.3) is 0 Å². The van der Waals surface area contributed by atoms with Crippen molar-refractivity contribution in [3.63, 3.8) is 0 Å². The molecular formula is C8H11N3O3. The predicted octanol–water partition coefficient (Wildman–Crippen LogP) is -0.0949. The van der Waals surface area contributed by atoms with Crippen molar-refractivity contribution in [3.8, 4) is 0 Å². The SMILES string of the molecule is CC(O)c1nncn1C1(C(=O)O)CC1. The van der Waals surface area contributed by atoms with E-state index in [2.05, 4.69) is 10.2 Å². The van der Waals surface area contributed by atoms with Crippen molar-refractivity contribution in [2.24, 2.45) is 0 Å². The van der Waals surface area contributed by atoms with Crippen molar-refractivity contribution in [2.75, 3.05) is 0 Å². The molecule has 14 heavy (non-hydrogen) atoms. The normalized spacial score (nSPS) is 20.4. The Morgan fingerprint density at radius 3 is 2.79 bits per heavy atom. The van der Waals surface area contributed by atoms with Crippen LogP contribution in [0, 0.1) is 0 Å². The number of carboxylic acid groups (broad SMARTS) is 1. The summed E-state index contributed by atoms with van der Waals surface area (Å²) in [7, 11) is 0. The van der Waals surface area contributed by atoms with Gasteiger partial charge < -0.3 is 10.2 Å². The molecule has 0 spiro atoms. The van der Waals surface area contributed by atoms with Crippen LogP contribution >= 0.6 is 0 Å². The number of aromatic nitrogens is 3. The minimum Gasteiger partial charge on any atom is -0.479 e. The molecule has 1 aliphatic carbocycles. The Balaban J connectivity index is 2.42. The van der Waals surface area contributed by atoms with Gasteiger partial charge in [-0.2, -0.15) is 0 Å². The smallest absolute Gasteiger partial charge is 0.329 e. The van der Waals surface area contributed by atoms with Gasteiger partial charge >= 0.3 is 5.97 Å². The number of aliphatic carboxylic acids is 1. The van der Waals surface area contributed by atoms with Crippen LogP contribution in [-0.4, -0.2) is 30.9 Å². The highest BCUT2D eigenvalue weighted by Crippen LogP contribution is 2.44. The first-order chi connectivity index (χ1) is 6.58. The van der Waals surface area contributed by atoms with Crippen molar-refractivity contribution in [1.29, 1.82) is 0 Å². The van der Waals surface area contributed by atoms with Gasteiger partial charge in [-0.25, -0.2) is 4.79 Å². The van der Waals surface area contributed by atoms with Gasteiger partial charge in [-0.15, -0.1) is 10.2 Å². The first-order valence-corrected chi connectivity index (χ1v) is 4.40. The molecule has 1 aromatic heterocycles. The van der Waals surface area contributed by atoms with Gasteiger partial charge in [-0.3, -0.25) is 4.57 Å². The van der Waals surface area contributed by atoms with Gasteiger partial charge in [0.2, 0.25) is 0 Å². The third kappa shape index (κ3) is 1.11. The number of aliphatic hydroxyl groups excluding tert-OH is 1. The average molecular weight is 197 g/mol. The quantitative estimate of drug-likeness (QED) is 0.706. The van der Waals surface area contributed by atoms with Crippen LogP contribution in [0.3, 0.4) is 0 Å². The maximum Gasteiger partial charge on any atom is 0.329 e. The third-order valence-electron chi connectivity index (χ3n) is 2.53. The van der Waals surface area contributed by atoms with E-state index in [-0.39, 0.29) is 0 Å². The molecule has 1 unspecified atom stereocenters. The summed E-state index contributed by atoms with van der Waals surface area (Å²) >= 11 is 0. The highest BCUT2D eigenvalue weighted by molar-refractivity contribution is 5.80. The monoisotopic (exact) mass is 197 g/mol. The summed E-state index contributed by atoms with van der Waals surface area (Å²) in [6, 6.07) is 0. The van der Waals surface area contributed by atoms with Gasteiger partial charge in [0, 0.05) is 0 Å². The molecule has 1 atom stereocenters. The highest BCUT2D eigenvalue weighted by Gasteiger charge is 2.53. The van der Waals surface area contributed by atoms with Crippen LogP contribution in [0.25, 0.3) is 0 Å². The van der Waals surface area contributed by atoms with Gasteiger partial charge in [0.05, 0.1) is 0 Å². The lowest BCUT2D eigenvalue weighted by Gasteiger charge is -2.14. The number of hydrogen-bond donors (Lipinski definition) is 2. The zero-order valence-electron chi connectivity index (χ0n) is 7.71. The maximum absolute atomic E-state index is 11.0. The summed E-state index contributed by atoms with van der Waals surface area (Å²) < 4.78 is 1.46. The lowest BCUT2D eigenvalue weighted by atomic mass is 10.2. The van der Waals surface area contributed by atoms with E-state index in [1.54, 1.807) is 6.92 Å². The predicted molar refractivity (Wildman–Crippen MR) is 45.5 cm³/mol. The van der Waals surface area contributed by atoms with Crippen molar-refractivity contribution in [1.82, 2.24) is 14.8 Å². The number of hydrogen-bond acceptors (Lipinski definition) is 4. The second-order valence-electron chi connectivity index (χ2n) is 3.57. The summed E-state index contributed by atoms with van der Waals surface area (Å²) in [5, 5.41) is 25.7. The molecule has 1 aromatic rings. The highest BCUT2D eigenvalue weighted by atomic mass is 16.4. The van der Waals surface area contributed by atoms with Gasteiger partial charge in [0.1, 0.15) is 18.0 Å². The largest absolute Gasteiger partial charge is 0.479 e. The van der Waals surface area contributed by atoms with E-state index in [9.17, 15) is 9.90 Å². The van der Waals surface area contributed by atoms with Crippen LogP contribution in [0.4, 0.5) is 0 Å². The van der Waals surface area contributed by atoms with E-state index < -0.39 is 17.6 Å². The Morgan fingerprint density at radius 1 is 1.71 bits per heavy atom. The van der Waals surface area contributed by atoms with E-state index >= 15 is 0 Å². The van der Waals surface area contributed by atoms with Crippen molar-refractivity contribution >= 4 is 5.97 Å². The topological polar surface area (TPSA) is 88.2 Å². The fourth-order valence-corrected chi connectivity index (χ4v) is 1.53. The molecular weight excluding hydrogens is 186 g/mol. The first-order valence-electron chi connectivity index (χ1n) is 4.40. The minimum atomic E-state index is -0.907. The fourth-order valence-electron chi connectivity index (χ4n) is 1.53. The maximum atomic E-state index is 11.0. The molecule has 76 valence electrons. The van der Waals surface area contributed by atoms with E-state index in [0.29, 0.717) is 18.7 Å². The number of carboxylic acids is 1. The number of aliphatic hydroxyl groups is 1. The Morgan fingerprint density at radius 2 is 2.36 bits per heavy atom. The molecule has 1 aliphatic rings. The molecule has 1 saturated carbocycles. The van der Waals surface area contributed by atoms with E-state index in [1.807, 2.05) is 0 Å². The molecule has 6 nitrogen and oxygen atoms in total. The molecule has 0 radical (unpaired) electrons. The molecule has 0 aromatic carbocycles. The summed E-state index contributed by atoms with van der Waals surface area (Å²) in [5.74, 6) is -0.580. The summed E-state index contributed by atoms with van der Waals surface area (Å²) in [6.45, 7) is 1.54. The molecule has 0 saturated heterocycles. The fraction of sp³-hybridized carbons (Fsp3) is 0.625. The molecule has 0 aliphatic heterocycles. The van der Waals surface area contributed by atoms with E-state index in [0.717, 1.165) is 0 Å². The average Bonchev–Trinajstić information content (AvgIpc) is 2.77. The van der Waals surface area contributed by atoms with Crippen molar-refractivity contribution < 1.29 is 15.0 Å². The molecule has 1 heterocycles. The number of carbonyl (C=O) groups is 1. The van der Waals surface area contributed by atoms with Crippen LogP contribution in [0.5, 0.6) is 0 Å². The third-order valence-corrected chi connectivity index (χ3v) is 2.53. The van der Waals surface area contributed by atoms with E-state index in [1.165, 1.54) is 10.9 Å². The zero-order valence-corrected chi connectivity index (χ0v) is 7.71. The Kier molecular flexibility index (Phi) is 1.81. The van der Waals surface area contributed by atoms with Crippen LogP contribution in [0.1, 0.15) is 31.7 Å². The lowest BCUT2D eigenvalue weighted by molar-refractivity contribution is -0.142.